The molecule has 1 unspecified atom stereocenters. The number of carbonyl (C=O) groups is 1. The maximum Gasteiger partial charge on any atom is 0.221 e. The Morgan fingerprint density at radius 3 is 2.79 bits per heavy atom. The van der Waals surface area contributed by atoms with Gasteiger partial charge in [0.1, 0.15) is 0 Å². The molecule has 0 fully saturated rings. The van der Waals surface area contributed by atoms with Gasteiger partial charge in [0.25, 0.3) is 0 Å². The fourth-order valence-corrected chi connectivity index (χ4v) is 1.22. The van der Waals surface area contributed by atoms with Gasteiger partial charge in [-0.05, 0) is 26.7 Å². The standard InChI is InChI=1S/C10H22N2O2/c1-3-11-10(14)6-7-12-9(2)5-4-8-13/h9,12-13H,3-8H2,1-2H3,(H,11,14). The minimum absolute atomic E-state index is 0.0920. The fourth-order valence-electron chi connectivity index (χ4n) is 1.22. The van der Waals surface area contributed by atoms with E-state index in [0.29, 0.717) is 25.6 Å². The third-order valence-electron chi connectivity index (χ3n) is 2.01. The maximum absolute atomic E-state index is 11.0. The second-order valence-electron chi connectivity index (χ2n) is 3.42. The number of nitrogens with one attached hydrogen (secondary N) is 2. The Balaban J connectivity index is 3.29. The lowest BCUT2D eigenvalue weighted by molar-refractivity contribution is -0.120. The van der Waals surface area contributed by atoms with Crippen molar-refractivity contribution in [2.45, 2.75) is 39.2 Å². The Bertz CT molecular complexity index is 151. The molecule has 0 saturated heterocycles. The number of hydrogen-bond acceptors (Lipinski definition) is 3. The lowest BCUT2D eigenvalue weighted by Crippen LogP contribution is -2.32. The van der Waals surface area contributed by atoms with Gasteiger partial charge in [-0.3, -0.25) is 4.79 Å². The van der Waals surface area contributed by atoms with Crippen LogP contribution in [0.1, 0.15) is 33.1 Å². The van der Waals surface area contributed by atoms with Crippen molar-refractivity contribution in [1.82, 2.24) is 10.6 Å². The van der Waals surface area contributed by atoms with E-state index in [0.717, 1.165) is 12.8 Å². The van der Waals surface area contributed by atoms with Crippen LogP contribution in [-0.4, -0.2) is 36.8 Å². The average molecular weight is 202 g/mol. The van der Waals surface area contributed by atoms with E-state index in [4.69, 9.17) is 5.11 Å². The fraction of sp³-hybridized carbons (Fsp3) is 0.900. The summed E-state index contributed by atoms with van der Waals surface area (Å²) in [5, 5.41) is 14.6. The van der Waals surface area contributed by atoms with Gasteiger partial charge in [0.05, 0.1) is 0 Å². The van der Waals surface area contributed by atoms with Crippen molar-refractivity contribution < 1.29 is 9.90 Å². The molecule has 0 aromatic heterocycles. The Kier molecular flexibility index (Phi) is 8.57. The van der Waals surface area contributed by atoms with Crippen LogP contribution < -0.4 is 10.6 Å². The van der Waals surface area contributed by atoms with Gasteiger partial charge in [-0.1, -0.05) is 0 Å². The molecule has 4 heteroatoms. The van der Waals surface area contributed by atoms with E-state index in [2.05, 4.69) is 17.6 Å². The van der Waals surface area contributed by atoms with Crippen LogP contribution in [0, 0.1) is 0 Å². The first-order valence-electron chi connectivity index (χ1n) is 5.31. The molecule has 0 aromatic rings. The first kappa shape index (κ1) is 13.4. The van der Waals surface area contributed by atoms with Crippen molar-refractivity contribution >= 4 is 5.91 Å². The van der Waals surface area contributed by atoms with Crippen molar-refractivity contribution in [2.24, 2.45) is 0 Å². The summed E-state index contributed by atoms with van der Waals surface area (Å²) in [4.78, 5) is 11.0. The van der Waals surface area contributed by atoms with E-state index in [-0.39, 0.29) is 12.5 Å². The Morgan fingerprint density at radius 1 is 1.50 bits per heavy atom. The number of hydrogen-bond donors (Lipinski definition) is 3. The van der Waals surface area contributed by atoms with Crippen molar-refractivity contribution in [3.05, 3.63) is 0 Å². The minimum atomic E-state index is 0.0920. The molecule has 0 heterocycles. The van der Waals surface area contributed by atoms with Gasteiger partial charge < -0.3 is 15.7 Å². The van der Waals surface area contributed by atoms with E-state index in [1.165, 1.54) is 0 Å². The molecule has 84 valence electrons. The Hall–Kier alpha value is -0.610. The summed E-state index contributed by atoms with van der Waals surface area (Å²) in [7, 11) is 0. The first-order chi connectivity index (χ1) is 6.70. The van der Waals surface area contributed by atoms with E-state index in [1.807, 2.05) is 6.92 Å². The molecule has 0 rings (SSSR count). The quantitative estimate of drug-likeness (QED) is 0.529. The van der Waals surface area contributed by atoms with Crippen LogP contribution >= 0.6 is 0 Å². The van der Waals surface area contributed by atoms with E-state index < -0.39 is 0 Å². The molecular weight excluding hydrogens is 180 g/mol. The minimum Gasteiger partial charge on any atom is -0.396 e. The molecule has 4 nitrogen and oxygen atoms in total. The number of aliphatic hydroxyl groups excluding tert-OH is 1. The van der Waals surface area contributed by atoms with Crippen LogP contribution in [0.15, 0.2) is 0 Å². The molecular formula is C10H22N2O2. The predicted molar refractivity (Wildman–Crippen MR) is 57.1 cm³/mol. The van der Waals surface area contributed by atoms with E-state index >= 15 is 0 Å². The Morgan fingerprint density at radius 2 is 2.21 bits per heavy atom. The van der Waals surface area contributed by atoms with Crippen LogP contribution in [0.3, 0.4) is 0 Å². The van der Waals surface area contributed by atoms with Crippen molar-refractivity contribution in [2.75, 3.05) is 19.7 Å². The van der Waals surface area contributed by atoms with E-state index in [9.17, 15) is 4.79 Å². The van der Waals surface area contributed by atoms with Gasteiger partial charge in [0, 0.05) is 32.2 Å². The largest absolute Gasteiger partial charge is 0.396 e. The van der Waals surface area contributed by atoms with Crippen LogP contribution in [0.5, 0.6) is 0 Å². The van der Waals surface area contributed by atoms with Gasteiger partial charge >= 0.3 is 0 Å². The SMILES string of the molecule is CCNC(=O)CCNC(C)CCCO. The van der Waals surface area contributed by atoms with Crippen molar-refractivity contribution in [3.63, 3.8) is 0 Å². The summed E-state index contributed by atoms with van der Waals surface area (Å²) >= 11 is 0. The van der Waals surface area contributed by atoms with Gasteiger partial charge in [0.15, 0.2) is 0 Å². The molecule has 1 atom stereocenters. The summed E-state index contributed by atoms with van der Waals surface area (Å²) in [6.45, 7) is 5.61. The molecule has 0 bridgehead atoms. The lowest BCUT2D eigenvalue weighted by Gasteiger charge is -2.12. The zero-order chi connectivity index (χ0) is 10.8. The van der Waals surface area contributed by atoms with Crippen LogP contribution in [0.2, 0.25) is 0 Å². The van der Waals surface area contributed by atoms with Gasteiger partial charge in [0.2, 0.25) is 5.91 Å². The third-order valence-corrected chi connectivity index (χ3v) is 2.01. The molecule has 0 aliphatic rings. The topological polar surface area (TPSA) is 61.4 Å². The summed E-state index contributed by atoms with van der Waals surface area (Å²) in [6.07, 6.45) is 2.29. The number of amides is 1. The molecule has 0 aliphatic heterocycles. The highest BCUT2D eigenvalue weighted by Crippen LogP contribution is 1.94. The number of carbonyl (C=O) groups excluding carboxylic acids is 1. The van der Waals surface area contributed by atoms with Gasteiger partial charge in [-0.15, -0.1) is 0 Å². The monoisotopic (exact) mass is 202 g/mol. The summed E-state index contributed by atoms with van der Waals surface area (Å²) in [5.74, 6) is 0.0920. The second kappa shape index (κ2) is 8.97. The maximum atomic E-state index is 11.0. The van der Waals surface area contributed by atoms with Crippen molar-refractivity contribution in [1.29, 1.82) is 0 Å². The molecule has 0 radical (unpaired) electrons. The zero-order valence-electron chi connectivity index (χ0n) is 9.18. The average Bonchev–Trinajstić information content (AvgIpc) is 2.15. The second-order valence-corrected chi connectivity index (χ2v) is 3.42. The molecule has 0 aromatic carbocycles. The molecule has 0 saturated carbocycles. The van der Waals surface area contributed by atoms with Gasteiger partial charge in [-0.2, -0.15) is 0 Å². The summed E-state index contributed by atoms with van der Waals surface area (Å²) in [5.41, 5.74) is 0. The van der Waals surface area contributed by atoms with Crippen LogP contribution in [-0.2, 0) is 4.79 Å². The molecule has 14 heavy (non-hydrogen) atoms. The number of rotatable bonds is 8. The van der Waals surface area contributed by atoms with Crippen molar-refractivity contribution in [3.8, 4) is 0 Å². The Labute approximate surface area is 86.1 Å². The lowest BCUT2D eigenvalue weighted by atomic mass is 10.2. The molecule has 0 aliphatic carbocycles. The highest BCUT2D eigenvalue weighted by Gasteiger charge is 2.02. The van der Waals surface area contributed by atoms with E-state index in [1.54, 1.807) is 0 Å². The summed E-state index contributed by atoms with van der Waals surface area (Å²) < 4.78 is 0. The van der Waals surface area contributed by atoms with Crippen LogP contribution in [0.25, 0.3) is 0 Å². The third kappa shape index (κ3) is 8.01. The molecule has 0 spiro atoms. The van der Waals surface area contributed by atoms with Gasteiger partial charge in [-0.25, -0.2) is 0 Å². The smallest absolute Gasteiger partial charge is 0.221 e. The zero-order valence-corrected chi connectivity index (χ0v) is 9.18. The highest BCUT2D eigenvalue weighted by molar-refractivity contribution is 5.75. The number of aliphatic hydroxyl groups is 1. The molecule has 1 amide bonds. The summed E-state index contributed by atoms with van der Waals surface area (Å²) in [6, 6.07) is 0.372. The molecule has 3 N–H and O–H groups in total. The predicted octanol–water partition coefficient (Wildman–Crippen LogP) is 0.263. The normalized spacial score (nSPS) is 12.5. The van der Waals surface area contributed by atoms with Crippen LogP contribution in [0.4, 0.5) is 0 Å². The first-order valence-corrected chi connectivity index (χ1v) is 5.31. The highest BCUT2D eigenvalue weighted by atomic mass is 16.2.